The molecule has 2 aliphatic rings. The third-order valence-corrected chi connectivity index (χ3v) is 6.37. The van der Waals surface area contributed by atoms with Crippen LogP contribution in [0.2, 0.25) is 0 Å². The minimum Gasteiger partial charge on any atom is -0.496 e. The molecule has 1 atom stereocenters. The van der Waals surface area contributed by atoms with Gasteiger partial charge < -0.3 is 9.47 Å². The van der Waals surface area contributed by atoms with Crippen LogP contribution in [0, 0.1) is 6.92 Å². The molecule has 1 aliphatic heterocycles. The van der Waals surface area contributed by atoms with E-state index in [1.54, 1.807) is 7.11 Å². The number of hydrogen-bond donors (Lipinski definition) is 1. The number of nitrogens with one attached hydrogen (secondary N) is 1. The number of sulfonamides is 1. The summed E-state index contributed by atoms with van der Waals surface area (Å²) in [6.45, 7) is 2.23. The quantitative estimate of drug-likeness (QED) is 0.865. The van der Waals surface area contributed by atoms with Gasteiger partial charge in [-0.25, -0.2) is 13.1 Å². The minimum atomic E-state index is -3.34. The van der Waals surface area contributed by atoms with Crippen molar-refractivity contribution in [3.8, 4) is 5.75 Å². The second kappa shape index (κ2) is 6.42. The fourth-order valence-electron chi connectivity index (χ4n) is 3.42. The molecule has 0 amide bonds. The summed E-state index contributed by atoms with van der Waals surface area (Å²) in [5.41, 5.74) is 1.92. The molecule has 6 heteroatoms. The number of methoxy groups -OCH3 is 1. The van der Waals surface area contributed by atoms with E-state index in [1.165, 1.54) is 6.42 Å². The van der Waals surface area contributed by atoms with Crippen molar-refractivity contribution < 1.29 is 17.9 Å². The zero-order valence-electron chi connectivity index (χ0n) is 13.8. The van der Waals surface area contributed by atoms with E-state index >= 15 is 0 Å². The first-order valence-corrected chi connectivity index (χ1v) is 9.85. The molecule has 23 heavy (non-hydrogen) atoms. The first-order chi connectivity index (χ1) is 10.9. The highest BCUT2D eigenvalue weighted by Crippen LogP contribution is 2.45. The van der Waals surface area contributed by atoms with Crippen LogP contribution >= 0.6 is 0 Å². The largest absolute Gasteiger partial charge is 0.496 e. The van der Waals surface area contributed by atoms with E-state index in [2.05, 4.69) is 4.72 Å². The van der Waals surface area contributed by atoms with Gasteiger partial charge in [0, 0.05) is 6.54 Å². The first kappa shape index (κ1) is 16.7. The molecule has 2 fully saturated rings. The second-order valence-electron chi connectivity index (χ2n) is 6.72. The SMILES string of the molecule is COc1cc(CNS(=O)(=O)CC2CCC3(CCC3)O2)ccc1C. The topological polar surface area (TPSA) is 64.6 Å². The molecule has 1 spiro atoms. The highest BCUT2D eigenvalue weighted by molar-refractivity contribution is 7.89. The van der Waals surface area contributed by atoms with Crippen LogP contribution in [0.1, 0.15) is 43.2 Å². The Morgan fingerprint density at radius 1 is 1.35 bits per heavy atom. The number of ether oxygens (including phenoxy) is 2. The lowest BCUT2D eigenvalue weighted by Crippen LogP contribution is -2.39. The molecular formula is C17H25NO4S. The molecule has 0 aromatic heterocycles. The van der Waals surface area contributed by atoms with E-state index in [4.69, 9.17) is 9.47 Å². The third-order valence-electron chi connectivity index (χ3n) is 4.98. The summed E-state index contributed by atoms with van der Waals surface area (Å²) < 4.78 is 38.5. The van der Waals surface area contributed by atoms with Gasteiger partial charge in [0.15, 0.2) is 0 Å². The Bertz CT molecular complexity index is 667. The van der Waals surface area contributed by atoms with Crippen LogP contribution in [0.5, 0.6) is 5.75 Å². The highest BCUT2D eigenvalue weighted by Gasteiger charge is 2.45. The molecule has 1 aromatic rings. The van der Waals surface area contributed by atoms with Gasteiger partial charge in [-0.15, -0.1) is 0 Å². The Hall–Kier alpha value is -1.11. The molecule has 5 nitrogen and oxygen atoms in total. The van der Waals surface area contributed by atoms with Crippen LogP contribution in [0.3, 0.4) is 0 Å². The van der Waals surface area contributed by atoms with Gasteiger partial charge >= 0.3 is 0 Å². The molecule has 1 saturated carbocycles. The maximum Gasteiger partial charge on any atom is 0.214 e. The normalized spacial score (nSPS) is 23.0. The molecule has 0 bridgehead atoms. The summed E-state index contributed by atoms with van der Waals surface area (Å²) in [6.07, 6.45) is 5.05. The second-order valence-corrected chi connectivity index (χ2v) is 8.57. The van der Waals surface area contributed by atoms with E-state index in [0.29, 0.717) is 0 Å². The van der Waals surface area contributed by atoms with E-state index in [1.807, 2.05) is 25.1 Å². The van der Waals surface area contributed by atoms with Crippen molar-refractivity contribution in [3.05, 3.63) is 29.3 Å². The lowest BCUT2D eigenvalue weighted by Gasteiger charge is -2.37. The molecule has 1 saturated heterocycles. The molecule has 3 rings (SSSR count). The van der Waals surface area contributed by atoms with Gasteiger partial charge in [0.05, 0.1) is 24.6 Å². The van der Waals surface area contributed by atoms with Crippen LogP contribution in [0.4, 0.5) is 0 Å². The van der Waals surface area contributed by atoms with E-state index in [0.717, 1.165) is 42.6 Å². The summed E-state index contributed by atoms with van der Waals surface area (Å²) in [5.74, 6) is 0.824. The van der Waals surface area contributed by atoms with Gasteiger partial charge in [-0.3, -0.25) is 0 Å². The fourth-order valence-corrected chi connectivity index (χ4v) is 4.65. The summed E-state index contributed by atoms with van der Waals surface area (Å²) in [5, 5.41) is 0. The maximum absolute atomic E-state index is 12.3. The van der Waals surface area contributed by atoms with Crippen LogP contribution in [0.25, 0.3) is 0 Å². The Kier molecular flexibility index (Phi) is 4.67. The Balaban J connectivity index is 1.54. The van der Waals surface area contributed by atoms with Crippen molar-refractivity contribution in [1.82, 2.24) is 4.72 Å². The summed E-state index contributed by atoms with van der Waals surface area (Å²) in [6, 6.07) is 5.71. The van der Waals surface area contributed by atoms with Crippen molar-refractivity contribution in [1.29, 1.82) is 0 Å². The van der Waals surface area contributed by atoms with Gasteiger partial charge in [-0.05, 0) is 56.2 Å². The van der Waals surface area contributed by atoms with Crippen molar-refractivity contribution in [2.75, 3.05) is 12.9 Å². The Morgan fingerprint density at radius 2 is 2.13 bits per heavy atom. The fraction of sp³-hybridized carbons (Fsp3) is 0.647. The number of rotatable bonds is 6. The van der Waals surface area contributed by atoms with Gasteiger partial charge in [-0.2, -0.15) is 0 Å². The summed E-state index contributed by atoms with van der Waals surface area (Å²) in [4.78, 5) is 0. The molecular weight excluding hydrogens is 314 g/mol. The van der Waals surface area contributed by atoms with Crippen LogP contribution in [0.15, 0.2) is 18.2 Å². The average Bonchev–Trinajstić information content (AvgIpc) is 2.90. The molecule has 1 heterocycles. The number of aryl methyl sites for hydroxylation is 1. The van der Waals surface area contributed by atoms with Gasteiger partial charge in [0.1, 0.15) is 5.75 Å². The zero-order chi connectivity index (χ0) is 16.5. The first-order valence-electron chi connectivity index (χ1n) is 8.20. The number of hydrogen-bond acceptors (Lipinski definition) is 4. The predicted octanol–water partition coefficient (Wildman–Crippen LogP) is 2.52. The average molecular weight is 339 g/mol. The molecule has 1 N–H and O–H groups in total. The lowest BCUT2D eigenvalue weighted by molar-refractivity contribution is -0.0842. The summed E-state index contributed by atoms with van der Waals surface area (Å²) >= 11 is 0. The van der Waals surface area contributed by atoms with E-state index in [-0.39, 0.29) is 24.0 Å². The Labute approximate surface area is 138 Å². The predicted molar refractivity (Wildman–Crippen MR) is 89.0 cm³/mol. The molecule has 1 aliphatic carbocycles. The van der Waals surface area contributed by atoms with Crippen molar-refractivity contribution >= 4 is 10.0 Å². The van der Waals surface area contributed by atoms with Crippen LogP contribution < -0.4 is 9.46 Å². The minimum absolute atomic E-state index is 0.00447. The lowest BCUT2D eigenvalue weighted by atomic mass is 9.78. The monoisotopic (exact) mass is 339 g/mol. The summed E-state index contributed by atoms with van der Waals surface area (Å²) in [7, 11) is -1.73. The van der Waals surface area contributed by atoms with E-state index < -0.39 is 10.0 Å². The highest BCUT2D eigenvalue weighted by atomic mass is 32.2. The standard InChI is InChI=1S/C17H25NO4S/c1-13-4-5-14(10-16(13)21-2)11-18-23(19,20)12-15-6-9-17(22-15)7-3-8-17/h4-5,10,15,18H,3,6-9,11-12H2,1-2H3. The molecule has 0 radical (unpaired) electrons. The number of benzene rings is 1. The van der Waals surface area contributed by atoms with Gasteiger partial charge in [-0.1, -0.05) is 12.1 Å². The molecule has 1 unspecified atom stereocenters. The Morgan fingerprint density at radius 3 is 2.74 bits per heavy atom. The molecule has 1 aromatic carbocycles. The smallest absolute Gasteiger partial charge is 0.214 e. The van der Waals surface area contributed by atoms with Gasteiger partial charge in [0.25, 0.3) is 0 Å². The van der Waals surface area contributed by atoms with Gasteiger partial charge in [0.2, 0.25) is 10.0 Å². The third kappa shape index (κ3) is 3.87. The van der Waals surface area contributed by atoms with E-state index in [9.17, 15) is 8.42 Å². The van der Waals surface area contributed by atoms with Crippen molar-refractivity contribution in [2.24, 2.45) is 0 Å². The van der Waals surface area contributed by atoms with Crippen LogP contribution in [-0.4, -0.2) is 33.0 Å². The van der Waals surface area contributed by atoms with Crippen LogP contribution in [-0.2, 0) is 21.3 Å². The van der Waals surface area contributed by atoms with Crippen molar-refractivity contribution in [2.45, 2.75) is 57.3 Å². The molecule has 128 valence electrons. The van der Waals surface area contributed by atoms with Crippen molar-refractivity contribution in [3.63, 3.8) is 0 Å². The zero-order valence-corrected chi connectivity index (χ0v) is 14.6. The maximum atomic E-state index is 12.3.